The van der Waals surface area contributed by atoms with E-state index < -0.39 is 0 Å². The topological polar surface area (TPSA) is 77.3 Å². The Bertz CT molecular complexity index is 2090. The zero-order valence-electron chi connectivity index (χ0n) is 23.5. The van der Waals surface area contributed by atoms with Crippen molar-refractivity contribution in [1.29, 1.82) is 0 Å². The van der Waals surface area contributed by atoms with Gasteiger partial charge in [-0.3, -0.25) is 9.97 Å². The standard InChI is InChI=1S/C38H24N6/c1-3-11-31-29(9-1)35(43-37(41-31)33-13-5-7-23-39-33)27-19-15-25(16-20-27)26-17-21-28(22-18-26)36-30-10-2-4-12-32(30)42-38(44-36)34-14-6-8-24-40-34/h1-24H. The highest BCUT2D eigenvalue weighted by Crippen LogP contribution is 2.33. The quantitative estimate of drug-likeness (QED) is 0.208. The molecule has 4 heterocycles. The van der Waals surface area contributed by atoms with Gasteiger partial charge in [0, 0.05) is 34.3 Å². The monoisotopic (exact) mass is 564 g/mol. The molecule has 0 saturated carbocycles. The van der Waals surface area contributed by atoms with Gasteiger partial charge in [0.05, 0.1) is 22.4 Å². The molecule has 6 heteroatoms. The molecule has 0 aliphatic heterocycles. The molecule has 4 aromatic carbocycles. The maximum Gasteiger partial charge on any atom is 0.179 e. The molecule has 0 spiro atoms. The van der Waals surface area contributed by atoms with Crippen LogP contribution in [0.1, 0.15) is 0 Å². The summed E-state index contributed by atoms with van der Waals surface area (Å²) in [6.45, 7) is 0. The van der Waals surface area contributed by atoms with E-state index in [1.165, 1.54) is 0 Å². The van der Waals surface area contributed by atoms with Crippen molar-refractivity contribution in [3.8, 4) is 56.7 Å². The summed E-state index contributed by atoms with van der Waals surface area (Å²) in [6, 6.07) is 44.8. The highest BCUT2D eigenvalue weighted by Gasteiger charge is 2.14. The van der Waals surface area contributed by atoms with Crippen molar-refractivity contribution >= 4 is 21.8 Å². The number of hydrogen-bond donors (Lipinski definition) is 0. The summed E-state index contributed by atoms with van der Waals surface area (Å²) in [5, 5.41) is 2.01. The lowest BCUT2D eigenvalue weighted by atomic mass is 9.98. The summed E-state index contributed by atoms with van der Waals surface area (Å²) < 4.78 is 0. The van der Waals surface area contributed by atoms with Gasteiger partial charge in [0.1, 0.15) is 11.4 Å². The second-order valence-electron chi connectivity index (χ2n) is 10.4. The summed E-state index contributed by atoms with van der Waals surface area (Å²) in [6.07, 6.45) is 3.53. The van der Waals surface area contributed by atoms with Crippen LogP contribution in [-0.2, 0) is 0 Å². The molecule has 8 rings (SSSR count). The van der Waals surface area contributed by atoms with E-state index >= 15 is 0 Å². The Morgan fingerprint density at radius 1 is 0.318 bits per heavy atom. The summed E-state index contributed by atoms with van der Waals surface area (Å²) >= 11 is 0. The Morgan fingerprint density at radius 2 is 0.705 bits per heavy atom. The van der Waals surface area contributed by atoms with Crippen molar-refractivity contribution < 1.29 is 0 Å². The molecule has 4 aromatic heterocycles. The number of fused-ring (bicyclic) bond motifs is 2. The van der Waals surface area contributed by atoms with Gasteiger partial charge in [0.2, 0.25) is 0 Å². The Morgan fingerprint density at radius 3 is 1.11 bits per heavy atom. The van der Waals surface area contributed by atoms with Crippen LogP contribution in [0.25, 0.3) is 78.5 Å². The van der Waals surface area contributed by atoms with Crippen LogP contribution in [0.5, 0.6) is 0 Å². The first kappa shape index (κ1) is 25.6. The number of hydrogen-bond acceptors (Lipinski definition) is 6. The average molecular weight is 565 g/mol. The lowest BCUT2D eigenvalue weighted by Gasteiger charge is -2.11. The number of pyridine rings is 2. The van der Waals surface area contributed by atoms with E-state index in [-0.39, 0.29) is 0 Å². The first-order valence-corrected chi connectivity index (χ1v) is 14.4. The molecule has 0 radical (unpaired) electrons. The minimum absolute atomic E-state index is 0.613. The zero-order chi connectivity index (χ0) is 29.3. The molecule has 0 atom stereocenters. The van der Waals surface area contributed by atoms with Gasteiger partial charge < -0.3 is 0 Å². The van der Waals surface area contributed by atoms with Crippen molar-refractivity contribution in [3.05, 3.63) is 146 Å². The number of rotatable bonds is 5. The van der Waals surface area contributed by atoms with Gasteiger partial charge in [-0.15, -0.1) is 0 Å². The summed E-state index contributed by atoms with van der Waals surface area (Å²) in [4.78, 5) is 28.4. The van der Waals surface area contributed by atoms with Crippen LogP contribution in [0.4, 0.5) is 0 Å². The first-order valence-electron chi connectivity index (χ1n) is 14.4. The van der Waals surface area contributed by atoms with Gasteiger partial charge in [-0.1, -0.05) is 97.1 Å². The Labute approximate surface area is 253 Å². The molecule has 0 unspecified atom stereocenters. The van der Waals surface area contributed by atoms with Gasteiger partial charge >= 0.3 is 0 Å². The second-order valence-corrected chi connectivity index (χ2v) is 10.4. The average Bonchev–Trinajstić information content (AvgIpc) is 3.11. The number of para-hydroxylation sites is 2. The third-order valence-electron chi connectivity index (χ3n) is 7.64. The molecule has 0 N–H and O–H groups in total. The van der Waals surface area contributed by atoms with E-state index in [0.717, 1.165) is 66.8 Å². The Kier molecular flexibility index (Phi) is 6.35. The molecule has 0 amide bonds. The van der Waals surface area contributed by atoms with E-state index in [2.05, 4.69) is 70.6 Å². The molecule has 0 aliphatic carbocycles. The third kappa shape index (κ3) is 4.74. The Hall–Kier alpha value is -6.14. The van der Waals surface area contributed by atoms with Crippen molar-refractivity contribution in [2.45, 2.75) is 0 Å². The van der Waals surface area contributed by atoms with Crippen molar-refractivity contribution in [3.63, 3.8) is 0 Å². The predicted molar refractivity (Wildman–Crippen MR) is 175 cm³/mol. The number of aromatic nitrogens is 6. The fourth-order valence-electron chi connectivity index (χ4n) is 5.45. The van der Waals surface area contributed by atoms with Crippen LogP contribution in [0.3, 0.4) is 0 Å². The smallest absolute Gasteiger partial charge is 0.179 e. The summed E-state index contributed by atoms with van der Waals surface area (Å²) in [7, 11) is 0. The summed E-state index contributed by atoms with van der Waals surface area (Å²) in [5.41, 5.74) is 9.33. The molecule has 206 valence electrons. The molecule has 0 bridgehead atoms. The SMILES string of the molecule is c1ccc(-c2nc(-c3ccc(-c4ccc(-c5nc(-c6ccccn6)nc6ccccc56)cc4)cc3)c3ccccc3n2)nc1. The molecule has 44 heavy (non-hydrogen) atoms. The van der Waals surface area contributed by atoms with E-state index in [9.17, 15) is 0 Å². The second kappa shape index (κ2) is 10.9. The van der Waals surface area contributed by atoms with Gasteiger partial charge in [0.25, 0.3) is 0 Å². The Balaban J connectivity index is 1.15. The van der Waals surface area contributed by atoms with E-state index in [4.69, 9.17) is 19.9 Å². The fourth-order valence-corrected chi connectivity index (χ4v) is 5.45. The van der Waals surface area contributed by atoms with Crippen LogP contribution in [-0.4, -0.2) is 29.9 Å². The first-order chi connectivity index (χ1) is 21.8. The lowest BCUT2D eigenvalue weighted by Crippen LogP contribution is -1.96. The number of nitrogens with zero attached hydrogens (tertiary/aromatic N) is 6. The maximum absolute atomic E-state index is 4.95. The minimum Gasteiger partial charge on any atom is -0.253 e. The van der Waals surface area contributed by atoms with Gasteiger partial charge in [-0.25, -0.2) is 19.9 Å². The molecule has 6 nitrogen and oxygen atoms in total. The highest BCUT2D eigenvalue weighted by atomic mass is 14.9. The van der Waals surface area contributed by atoms with E-state index in [0.29, 0.717) is 11.6 Å². The predicted octanol–water partition coefficient (Wildman–Crippen LogP) is 8.70. The fraction of sp³-hybridized carbons (Fsp3) is 0. The zero-order valence-corrected chi connectivity index (χ0v) is 23.5. The minimum atomic E-state index is 0.613. The van der Waals surface area contributed by atoms with Gasteiger partial charge in [0.15, 0.2) is 11.6 Å². The molecular weight excluding hydrogens is 540 g/mol. The molecular formula is C38H24N6. The molecule has 0 fully saturated rings. The molecule has 8 aromatic rings. The largest absolute Gasteiger partial charge is 0.253 e. The number of benzene rings is 4. The summed E-state index contributed by atoms with van der Waals surface area (Å²) in [5.74, 6) is 1.23. The molecule has 0 saturated heterocycles. The lowest BCUT2D eigenvalue weighted by molar-refractivity contribution is 1.18. The highest BCUT2D eigenvalue weighted by molar-refractivity contribution is 5.95. The van der Waals surface area contributed by atoms with Crippen molar-refractivity contribution in [2.24, 2.45) is 0 Å². The van der Waals surface area contributed by atoms with Crippen LogP contribution in [0.15, 0.2) is 146 Å². The van der Waals surface area contributed by atoms with Gasteiger partial charge in [-0.2, -0.15) is 0 Å². The van der Waals surface area contributed by atoms with Crippen LogP contribution < -0.4 is 0 Å². The van der Waals surface area contributed by atoms with Crippen LogP contribution in [0.2, 0.25) is 0 Å². The molecule has 0 aliphatic rings. The van der Waals surface area contributed by atoms with E-state index in [1.807, 2.05) is 72.8 Å². The maximum atomic E-state index is 4.95. The van der Waals surface area contributed by atoms with Crippen LogP contribution >= 0.6 is 0 Å². The van der Waals surface area contributed by atoms with Crippen molar-refractivity contribution in [2.75, 3.05) is 0 Å². The van der Waals surface area contributed by atoms with Crippen LogP contribution in [0, 0.1) is 0 Å². The van der Waals surface area contributed by atoms with E-state index in [1.54, 1.807) is 12.4 Å². The third-order valence-corrected chi connectivity index (χ3v) is 7.64. The van der Waals surface area contributed by atoms with Gasteiger partial charge in [-0.05, 0) is 47.5 Å². The van der Waals surface area contributed by atoms with Crippen molar-refractivity contribution in [1.82, 2.24) is 29.9 Å². The normalized spacial score (nSPS) is 11.2.